The maximum atomic E-state index is 12.4. The molecule has 1 atom stereocenters. The third kappa shape index (κ3) is 2.07. The highest BCUT2D eigenvalue weighted by molar-refractivity contribution is 5.98. The Morgan fingerprint density at radius 3 is 3.21 bits per heavy atom. The number of aromatic amines is 1. The molecule has 1 aliphatic rings. The second kappa shape index (κ2) is 4.75. The Bertz CT molecular complexity index is 656. The van der Waals surface area contributed by atoms with E-state index < -0.39 is 6.04 Å². The van der Waals surface area contributed by atoms with Crippen molar-refractivity contribution in [2.45, 2.75) is 6.04 Å². The van der Waals surface area contributed by atoms with E-state index in [1.54, 1.807) is 11.0 Å². The Hall–Kier alpha value is -2.32. The maximum Gasteiger partial charge on any atom is 0.255 e. The monoisotopic (exact) mass is 255 g/mol. The Kier molecular flexibility index (Phi) is 2.94. The van der Waals surface area contributed by atoms with Crippen LogP contribution in [0.1, 0.15) is 10.4 Å². The number of carbonyl (C=O) groups is 1. The molecule has 0 spiro atoms. The van der Waals surface area contributed by atoms with E-state index in [1.807, 2.05) is 24.4 Å². The van der Waals surface area contributed by atoms with E-state index in [0.29, 0.717) is 18.7 Å². The van der Waals surface area contributed by atoms with Crippen LogP contribution in [0, 0.1) is 11.3 Å². The molecule has 1 fully saturated rings. The molecule has 5 nitrogen and oxygen atoms in total. The molecular formula is C14H13N3O2. The third-order valence-corrected chi connectivity index (χ3v) is 3.34. The summed E-state index contributed by atoms with van der Waals surface area (Å²) in [4.78, 5) is 17.1. The number of rotatable bonds is 1. The SMILES string of the molecule is N#C[C@@H]1COCCN1C(=O)c1ccc2[nH]ccc2c1. The summed E-state index contributed by atoms with van der Waals surface area (Å²) in [6.45, 7) is 1.23. The molecule has 0 unspecified atom stereocenters. The molecule has 0 radical (unpaired) electrons. The fourth-order valence-electron chi connectivity index (χ4n) is 2.31. The number of hydrogen-bond donors (Lipinski definition) is 1. The summed E-state index contributed by atoms with van der Waals surface area (Å²) in [6, 6.07) is 9.04. The molecule has 5 heteroatoms. The zero-order valence-electron chi connectivity index (χ0n) is 10.3. The minimum absolute atomic E-state index is 0.113. The Morgan fingerprint density at radius 1 is 1.47 bits per heavy atom. The van der Waals surface area contributed by atoms with Crippen LogP contribution < -0.4 is 0 Å². The standard InChI is InChI=1S/C14H13N3O2/c15-8-12-9-19-6-5-17(12)14(18)11-1-2-13-10(7-11)3-4-16-13/h1-4,7,12,16H,5-6,9H2/t12-/m1/s1. The Labute approximate surface area is 110 Å². The number of amides is 1. The predicted octanol–water partition coefficient (Wildman–Crippen LogP) is 1.53. The predicted molar refractivity (Wildman–Crippen MR) is 69.6 cm³/mol. The number of H-pyrrole nitrogens is 1. The minimum Gasteiger partial charge on any atom is -0.376 e. The van der Waals surface area contributed by atoms with Gasteiger partial charge in [-0.25, -0.2) is 0 Å². The molecule has 2 aromatic rings. The summed E-state index contributed by atoms with van der Waals surface area (Å²) in [5.41, 5.74) is 1.60. The van der Waals surface area contributed by atoms with Gasteiger partial charge >= 0.3 is 0 Å². The molecule has 2 heterocycles. The van der Waals surface area contributed by atoms with Crippen LogP contribution in [-0.4, -0.2) is 41.6 Å². The zero-order valence-corrected chi connectivity index (χ0v) is 10.3. The summed E-state index contributed by atoms with van der Waals surface area (Å²) in [5.74, 6) is -0.113. The van der Waals surface area contributed by atoms with Gasteiger partial charge in [-0.15, -0.1) is 0 Å². The molecule has 96 valence electrons. The van der Waals surface area contributed by atoms with Crippen LogP contribution >= 0.6 is 0 Å². The molecule has 1 aromatic carbocycles. The molecule has 1 saturated heterocycles. The lowest BCUT2D eigenvalue weighted by Crippen LogP contribution is -2.47. The van der Waals surface area contributed by atoms with Crippen molar-refractivity contribution in [2.75, 3.05) is 19.8 Å². The molecule has 3 rings (SSSR count). The highest BCUT2D eigenvalue weighted by atomic mass is 16.5. The Balaban J connectivity index is 1.91. The van der Waals surface area contributed by atoms with Crippen molar-refractivity contribution in [3.8, 4) is 6.07 Å². The van der Waals surface area contributed by atoms with E-state index in [9.17, 15) is 4.79 Å². The zero-order chi connectivity index (χ0) is 13.2. The summed E-state index contributed by atoms with van der Waals surface area (Å²) in [7, 11) is 0. The number of fused-ring (bicyclic) bond motifs is 1. The first-order valence-corrected chi connectivity index (χ1v) is 6.15. The number of nitrogens with one attached hydrogen (secondary N) is 1. The van der Waals surface area contributed by atoms with Crippen LogP contribution in [0.4, 0.5) is 0 Å². The highest BCUT2D eigenvalue weighted by Crippen LogP contribution is 2.17. The molecular weight excluding hydrogens is 242 g/mol. The average molecular weight is 255 g/mol. The smallest absolute Gasteiger partial charge is 0.255 e. The van der Waals surface area contributed by atoms with E-state index in [2.05, 4.69) is 11.1 Å². The van der Waals surface area contributed by atoms with Gasteiger partial charge in [0.25, 0.3) is 5.91 Å². The molecule has 1 N–H and O–H groups in total. The van der Waals surface area contributed by atoms with Gasteiger partial charge in [0, 0.05) is 29.2 Å². The van der Waals surface area contributed by atoms with E-state index in [-0.39, 0.29) is 12.5 Å². The van der Waals surface area contributed by atoms with Crippen molar-refractivity contribution >= 4 is 16.8 Å². The molecule has 1 amide bonds. The van der Waals surface area contributed by atoms with Crippen molar-refractivity contribution in [2.24, 2.45) is 0 Å². The number of nitrogens with zero attached hydrogens (tertiary/aromatic N) is 2. The summed E-state index contributed by atoms with van der Waals surface area (Å²) in [6.07, 6.45) is 1.84. The van der Waals surface area contributed by atoms with E-state index in [4.69, 9.17) is 10.00 Å². The van der Waals surface area contributed by atoms with Gasteiger partial charge < -0.3 is 14.6 Å². The first-order chi connectivity index (χ1) is 9.29. The van der Waals surface area contributed by atoms with Gasteiger partial charge in [0.1, 0.15) is 6.04 Å². The number of morpholine rings is 1. The van der Waals surface area contributed by atoms with Crippen molar-refractivity contribution in [3.63, 3.8) is 0 Å². The average Bonchev–Trinajstić information content (AvgIpc) is 2.93. The van der Waals surface area contributed by atoms with Gasteiger partial charge in [0.05, 0.1) is 19.3 Å². The van der Waals surface area contributed by atoms with Crippen LogP contribution in [0.2, 0.25) is 0 Å². The lowest BCUT2D eigenvalue weighted by Gasteiger charge is -2.31. The van der Waals surface area contributed by atoms with Gasteiger partial charge in [0.15, 0.2) is 0 Å². The first kappa shape index (κ1) is 11.8. The summed E-state index contributed by atoms with van der Waals surface area (Å²) >= 11 is 0. The van der Waals surface area contributed by atoms with Crippen molar-refractivity contribution < 1.29 is 9.53 Å². The molecule has 1 aromatic heterocycles. The van der Waals surface area contributed by atoms with E-state index in [0.717, 1.165) is 10.9 Å². The first-order valence-electron chi connectivity index (χ1n) is 6.15. The molecule has 19 heavy (non-hydrogen) atoms. The topological polar surface area (TPSA) is 69.1 Å². The number of benzene rings is 1. The van der Waals surface area contributed by atoms with Crippen LogP contribution in [-0.2, 0) is 4.74 Å². The number of carbonyl (C=O) groups excluding carboxylic acids is 1. The summed E-state index contributed by atoms with van der Waals surface area (Å²) in [5, 5.41) is 10.1. The number of hydrogen-bond acceptors (Lipinski definition) is 3. The summed E-state index contributed by atoms with van der Waals surface area (Å²) < 4.78 is 5.23. The van der Waals surface area contributed by atoms with E-state index in [1.165, 1.54) is 0 Å². The molecule has 0 saturated carbocycles. The van der Waals surface area contributed by atoms with Crippen molar-refractivity contribution in [3.05, 3.63) is 36.0 Å². The molecule has 0 aliphatic carbocycles. The van der Waals surface area contributed by atoms with E-state index >= 15 is 0 Å². The van der Waals surface area contributed by atoms with Gasteiger partial charge in [-0.2, -0.15) is 5.26 Å². The minimum atomic E-state index is -0.497. The maximum absolute atomic E-state index is 12.4. The lowest BCUT2D eigenvalue weighted by molar-refractivity contribution is 0.0132. The Morgan fingerprint density at radius 2 is 2.37 bits per heavy atom. The lowest BCUT2D eigenvalue weighted by atomic mass is 10.1. The van der Waals surface area contributed by atoms with Gasteiger partial charge in [-0.3, -0.25) is 4.79 Å². The van der Waals surface area contributed by atoms with Gasteiger partial charge in [-0.05, 0) is 24.3 Å². The highest BCUT2D eigenvalue weighted by Gasteiger charge is 2.27. The molecule has 0 bridgehead atoms. The second-order valence-corrected chi connectivity index (χ2v) is 4.50. The van der Waals surface area contributed by atoms with Crippen LogP contribution in [0.3, 0.4) is 0 Å². The fraction of sp³-hybridized carbons (Fsp3) is 0.286. The largest absolute Gasteiger partial charge is 0.376 e. The van der Waals surface area contributed by atoms with Gasteiger partial charge in [-0.1, -0.05) is 0 Å². The fourth-order valence-corrected chi connectivity index (χ4v) is 2.31. The normalized spacial score (nSPS) is 19.3. The third-order valence-electron chi connectivity index (χ3n) is 3.34. The van der Waals surface area contributed by atoms with Crippen molar-refractivity contribution in [1.29, 1.82) is 5.26 Å². The van der Waals surface area contributed by atoms with Crippen LogP contribution in [0.15, 0.2) is 30.5 Å². The van der Waals surface area contributed by atoms with Crippen LogP contribution in [0.5, 0.6) is 0 Å². The number of ether oxygens (including phenoxy) is 1. The van der Waals surface area contributed by atoms with Crippen molar-refractivity contribution in [1.82, 2.24) is 9.88 Å². The molecule has 1 aliphatic heterocycles. The quantitative estimate of drug-likeness (QED) is 0.840. The number of nitriles is 1. The van der Waals surface area contributed by atoms with Gasteiger partial charge in [0.2, 0.25) is 0 Å². The van der Waals surface area contributed by atoms with Crippen LogP contribution in [0.25, 0.3) is 10.9 Å². The number of aromatic nitrogens is 1. The second-order valence-electron chi connectivity index (χ2n) is 4.50.